The summed E-state index contributed by atoms with van der Waals surface area (Å²) < 4.78 is 0. The second-order valence-electron chi connectivity index (χ2n) is 4.37. The number of hydrogen-bond donors (Lipinski definition) is 2. The van der Waals surface area contributed by atoms with Crippen LogP contribution in [0.4, 0.5) is 5.69 Å². The Labute approximate surface area is 117 Å². The van der Waals surface area contributed by atoms with E-state index < -0.39 is 0 Å². The first kappa shape index (κ1) is 12.2. The highest BCUT2D eigenvalue weighted by Crippen LogP contribution is 2.30. The largest absolute Gasteiger partial charge is 0.301 e. The van der Waals surface area contributed by atoms with Crippen molar-refractivity contribution in [3.05, 3.63) is 66.2 Å². The summed E-state index contributed by atoms with van der Waals surface area (Å²) in [6.07, 6.45) is 3.34. The molecule has 96 valence electrons. The van der Waals surface area contributed by atoms with Gasteiger partial charge >= 0.3 is 0 Å². The van der Waals surface area contributed by atoms with Crippen molar-refractivity contribution < 1.29 is 0 Å². The lowest BCUT2D eigenvalue weighted by molar-refractivity contribution is 1.06. The van der Waals surface area contributed by atoms with E-state index in [2.05, 4.69) is 41.2 Å². The quantitative estimate of drug-likeness (QED) is 0.818. The molecular formula is C16H16N2S. The molecule has 2 aromatic carbocycles. The number of nitrogens with one attached hydrogen (secondary N) is 2. The van der Waals surface area contributed by atoms with Gasteiger partial charge < -0.3 is 10.9 Å². The summed E-state index contributed by atoms with van der Waals surface area (Å²) in [7, 11) is 0. The summed E-state index contributed by atoms with van der Waals surface area (Å²) >= 11 is 1.92. The molecule has 0 fully saturated rings. The lowest BCUT2D eigenvalue weighted by Crippen LogP contribution is -2.20. The molecule has 2 aromatic rings. The fraction of sp³-hybridized carbons (Fsp3) is 0.125. The van der Waals surface area contributed by atoms with Gasteiger partial charge in [0, 0.05) is 16.2 Å². The Morgan fingerprint density at radius 1 is 0.842 bits per heavy atom. The molecule has 3 rings (SSSR count). The Kier molecular flexibility index (Phi) is 3.75. The van der Waals surface area contributed by atoms with Crippen molar-refractivity contribution in [2.75, 3.05) is 11.2 Å². The van der Waals surface area contributed by atoms with Crippen LogP contribution in [0.1, 0.15) is 12.0 Å². The molecule has 0 aromatic heterocycles. The van der Waals surface area contributed by atoms with Crippen LogP contribution in [0.5, 0.6) is 0 Å². The third kappa shape index (κ3) is 2.93. The van der Waals surface area contributed by atoms with E-state index in [0.717, 1.165) is 23.6 Å². The summed E-state index contributed by atoms with van der Waals surface area (Å²) in [5.41, 5.74) is 10.1. The highest BCUT2D eigenvalue weighted by atomic mass is 32.2. The van der Waals surface area contributed by atoms with E-state index in [4.69, 9.17) is 0 Å². The van der Waals surface area contributed by atoms with Crippen molar-refractivity contribution in [3.8, 4) is 0 Å². The fourth-order valence-electron chi connectivity index (χ4n) is 2.08. The molecule has 0 unspecified atom stereocenters. The van der Waals surface area contributed by atoms with E-state index in [0.29, 0.717) is 0 Å². The van der Waals surface area contributed by atoms with E-state index in [1.807, 2.05) is 42.1 Å². The van der Waals surface area contributed by atoms with Gasteiger partial charge in [-0.15, -0.1) is 11.8 Å². The summed E-state index contributed by atoms with van der Waals surface area (Å²) in [6, 6.07) is 18.7. The molecule has 1 aliphatic rings. The number of benzene rings is 2. The average molecular weight is 268 g/mol. The van der Waals surface area contributed by atoms with Crippen LogP contribution >= 0.6 is 11.8 Å². The Bertz CT molecular complexity index is 578. The predicted octanol–water partition coefficient (Wildman–Crippen LogP) is 4.14. The van der Waals surface area contributed by atoms with Crippen LogP contribution in [-0.4, -0.2) is 5.75 Å². The predicted molar refractivity (Wildman–Crippen MR) is 83.0 cm³/mol. The van der Waals surface area contributed by atoms with Crippen molar-refractivity contribution in [1.29, 1.82) is 0 Å². The van der Waals surface area contributed by atoms with Gasteiger partial charge in [0.1, 0.15) is 0 Å². The average Bonchev–Trinajstić information content (AvgIpc) is 2.68. The maximum absolute atomic E-state index is 3.33. The van der Waals surface area contributed by atoms with Gasteiger partial charge in [0.05, 0.1) is 11.4 Å². The molecule has 0 radical (unpaired) electrons. The van der Waals surface area contributed by atoms with E-state index in [-0.39, 0.29) is 0 Å². The Hall–Kier alpha value is -1.87. The topological polar surface area (TPSA) is 24.1 Å². The molecule has 0 amide bonds. The standard InChI is InChI=1S/C16H16N2S/c1-2-7-13(8-3-1)17-18-15-10-6-12-19-16-11-5-4-9-14(15)16/h1-5,7-11,17-18H,6,12H2. The van der Waals surface area contributed by atoms with Crippen LogP contribution in [0.3, 0.4) is 0 Å². The van der Waals surface area contributed by atoms with Gasteiger partial charge in [-0.2, -0.15) is 0 Å². The van der Waals surface area contributed by atoms with Crippen molar-refractivity contribution >= 4 is 23.1 Å². The minimum absolute atomic E-state index is 1.07. The summed E-state index contributed by atoms with van der Waals surface area (Å²) in [4.78, 5) is 1.34. The van der Waals surface area contributed by atoms with E-state index in [9.17, 15) is 0 Å². The minimum atomic E-state index is 1.07. The van der Waals surface area contributed by atoms with Crippen molar-refractivity contribution in [3.63, 3.8) is 0 Å². The maximum Gasteiger partial charge on any atom is 0.0583 e. The molecule has 3 heteroatoms. The monoisotopic (exact) mass is 268 g/mol. The van der Waals surface area contributed by atoms with Gasteiger partial charge in [-0.1, -0.05) is 42.5 Å². The van der Waals surface area contributed by atoms with Crippen molar-refractivity contribution in [1.82, 2.24) is 5.43 Å². The number of rotatable bonds is 3. The smallest absolute Gasteiger partial charge is 0.0583 e. The van der Waals surface area contributed by atoms with Gasteiger partial charge in [-0.3, -0.25) is 0 Å². The van der Waals surface area contributed by atoms with Crippen molar-refractivity contribution in [2.45, 2.75) is 11.3 Å². The lowest BCUT2D eigenvalue weighted by Gasteiger charge is -2.14. The number of hydrazine groups is 1. The first-order valence-corrected chi connectivity index (χ1v) is 7.41. The van der Waals surface area contributed by atoms with Crippen LogP contribution in [0.25, 0.3) is 5.70 Å². The van der Waals surface area contributed by atoms with Crippen LogP contribution in [-0.2, 0) is 0 Å². The van der Waals surface area contributed by atoms with E-state index >= 15 is 0 Å². The van der Waals surface area contributed by atoms with Gasteiger partial charge in [0.15, 0.2) is 0 Å². The molecule has 0 spiro atoms. The number of allylic oxidation sites excluding steroid dienone is 1. The first-order valence-electron chi connectivity index (χ1n) is 6.43. The highest BCUT2D eigenvalue weighted by Gasteiger charge is 2.10. The Balaban J connectivity index is 1.79. The van der Waals surface area contributed by atoms with Crippen LogP contribution in [0.2, 0.25) is 0 Å². The Morgan fingerprint density at radius 3 is 2.53 bits per heavy atom. The number of anilines is 1. The van der Waals surface area contributed by atoms with E-state index in [1.54, 1.807) is 0 Å². The normalized spacial score (nSPS) is 14.0. The molecule has 0 atom stereocenters. The van der Waals surface area contributed by atoms with Crippen LogP contribution in [0.15, 0.2) is 65.6 Å². The Morgan fingerprint density at radius 2 is 1.63 bits per heavy atom. The number of thioether (sulfide) groups is 1. The second kappa shape index (κ2) is 5.85. The molecule has 0 saturated carbocycles. The minimum Gasteiger partial charge on any atom is -0.301 e. The molecule has 0 bridgehead atoms. The number of hydrogen-bond acceptors (Lipinski definition) is 3. The van der Waals surface area contributed by atoms with Gasteiger partial charge in [-0.25, -0.2) is 0 Å². The van der Waals surface area contributed by atoms with E-state index in [1.165, 1.54) is 10.5 Å². The molecule has 1 aliphatic heterocycles. The summed E-state index contributed by atoms with van der Waals surface area (Å²) in [5, 5.41) is 0. The number of fused-ring (bicyclic) bond motifs is 1. The highest BCUT2D eigenvalue weighted by molar-refractivity contribution is 7.99. The zero-order chi connectivity index (χ0) is 12.9. The second-order valence-corrected chi connectivity index (χ2v) is 5.50. The first-order chi connectivity index (χ1) is 9.43. The number of para-hydroxylation sites is 1. The van der Waals surface area contributed by atoms with Crippen LogP contribution < -0.4 is 10.9 Å². The fourth-order valence-corrected chi connectivity index (χ4v) is 3.04. The molecule has 2 N–H and O–H groups in total. The molecule has 1 heterocycles. The zero-order valence-corrected chi connectivity index (χ0v) is 11.4. The van der Waals surface area contributed by atoms with Gasteiger partial charge in [-0.05, 0) is 24.6 Å². The van der Waals surface area contributed by atoms with Crippen molar-refractivity contribution in [2.24, 2.45) is 0 Å². The third-order valence-electron chi connectivity index (χ3n) is 3.02. The van der Waals surface area contributed by atoms with Crippen LogP contribution in [0, 0.1) is 0 Å². The van der Waals surface area contributed by atoms with Gasteiger partial charge in [0.2, 0.25) is 0 Å². The third-order valence-corrected chi connectivity index (χ3v) is 4.12. The SMILES string of the molecule is C1=C(NNc2ccccc2)c2ccccc2SCC1. The molecule has 19 heavy (non-hydrogen) atoms. The summed E-state index contributed by atoms with van der Waals surface area (Å²) in [5.74, 6) is 1.13. The zero-order valence-electron chi connectivity index (χ0n) is 10.6. The summed E-state index contributed by atoms with van der Waals surface area (Å²) in [6.45, 7) is 0. The molecule has 0 aliphatic carbocycles. The molecular weight excluding hydrogens is 252 g/mol. The molecule has 2 nitrogen and oxygen atoms in total. The van der Waals surface area contributed by atoms with Gasteiger partial charge in [0.25, 0.3) is 0 Å². The molecule has 0 saturated heterocycles. The lowest BCUT2D eigenvalue weighted by atomic mass is 10.1. The maximum atomic E-state index is 3.33.